The molecule has 0 fully saturated rings. The molecule has 0 atom stereocenters. The Hall–Kier alpha value is -0.520. The molecule has 1 aromatic rings. The Morgan fingerprint density at radius 2 is 2.15 bits per heavy atom. The number of pyridine rings is 1. The van der Waals surface area contributed by atoms with Crippen LogP contribution in [0.4, 0.5) is 8.78 Å². The predicted molar refractivity (Wildman–Crippen MR) is 38.9 cm³/mol. The number of halogens is 2. The maximum absolute atomic E-state index is 11.8. The van der Waals surface area contributed by atoms with Gasteiger partial charge < -0.3 is 6.53 Å². The standard InChI is InChI=1S/C5H4FN.C2H3FO2.Na.H/c6-5-3-1-2-4-7-5;3-1-2(4)5;;/h1-4H;1H2,(H,4,5);;/q;;+1;-1. The second-order valence-corrected chi connectivity index (χ2v) is 1.68. The first-order valence-electron chi connectivity index (χ1n) is 3.01. The summed E-state index contributed by atoms with van der Waals surface area (Å²) < 4.78 is 22.3. The van der Waals surface area contributed by atoms with Crippen molar-refractivity contribution in [2.45, 2.75) is 0 Å². The molecule has 0 aromatic carbocycles. The van der Waals surface area contributed by atoms with Gasteiger partial charge in [0.25, 0.3) is 0 Å². The number of alkyl halides is 1. The van der Waals surface area contributed by atoms with E-state index in [1.807, 2.05) is 0 Å². The van der Waals surface area contributed by atoms with Crippen molar-refractivity contribution >= 4 is 5.97 Å². The van der Waals surface area contributed by atoms with E-state index in [2.05, 4.69) is 4.98 Å². The molecule has 0 saturated carbocycles. The minimum atomic E-state index is -1.41. The van der Waals surface area contributed by atoms with E-state index in [1.54, 1.807) is 12.1 Å². The van der Waals surface area contributed by atoms with Gasteiger partial charge >= 0.3 is 35.5 Å². The normalized spacial score (nSPS) is 7.54. The fourth-order valence-electron chi connectivity index (χ4n) is 0.342. The third-order valence-corrected chi connectivity index (χ3v) is 0.743. The van der Waals surface area contributed by atoms with E-state index >= 15 is 0 Å². The number of hydrogen-bond acceptors (Lipinski definition) is 2. The van der Waals surface area contributed by atoms with Crippen molar-refractivity contribution in [2.24, 2.45) is 0 Å². The smallest absolute Gasteiger partial charge is 1.00 e. The number of aliphatic carboxylic acids is 1. The van der Waals surface area contributed by atoms with Crippen LogP contribution in [0.1, 0.15) is 1.43 Å². The van der Waals surface area contributed by atoms with E-state index in [1.165, 1.54) is 12.3 Å². The minimum Gasteiger partial charge on any atom is -1.00 e. The summed E-state index contributed by atoms with van der Waals surface area (Å²) in [5, 5.41) is 7.35. The Kier molecular flexibility index (Phi) is 11.0. The molecule has 0 radical (unpaired) electrons. The second-order valence-electron chi connectivity index (χ2n) is 1.68. The average Bonchev–Trinajstić information content (AvgIpc) is 2.07. The van der Waals surface area contributed by atoms with Crippen molar-refractivity contribution < 1.29 is 49.7 Å². The van der Waals surface area contributed by atoms with Gasteiger partial charge in [-0.15, -0.1) is 0 Å². The fraction of sp³-hybridized carbons (Fsp3) is 0.143. The Balaban J connectivity index is -0.000000159. The van der Waals surface area contributed by atoms with Crippen LogP contribution in [-0.4, -0.2) is 22.7 Å². The zero-order valence-electron chi connectivity index (χ0n) is 8.08. The second kappa shape index (κ2) is 9.57. The van der Waals surface area contributed by atoms with Gasteiger partial charge in [0.2, 0.25) is 5.95 Å². The van der Waals surface area contributed by atoms with Gasteiger partial charge in [-0.1, -0.05) is 6.07 Å². The van der Waals surface area contributed by atoms with Gasteiger partial charge in [0.15, 0.2) is 6.67 Å². The maximum atomic E-state index is 11.8. The van der Waals surface area contributed by atoms with E-state index in [9.17, 15) is 8.78 Å². The summed E-state index contributed by atoms with van der Waals surface area (Å²) in [7, 11) is 0. The Bertz CT molecular complexity index is 238. The molecular weight excluding hydrogens is 191 g/mol. The molecule has 0 bridgehead atoms. The molecule has 6 heteroatoms. The van der Waals surface area contributed by atoms with Gasteiger partial charge in [-0.2, -0.15) is 4.39 Å². The number of aromatic nitrogens is 1. The van der Waals surface area contributed by atoms with Gasteiger partial charge in [-0.3, -0.25) is 0 Å². The van der Waals surface area contributed by atoms with Crippen LogP contribution in [0.25, 0.3) is 0 Å². The van der Waals surface area contributed by atoms with E-state index in [4.69, 9.17) is 9.90 Å². The Morgan fingerprint density at radius 1 is 1.62 bits per heavy atom. The summed E-state index contributed by atoms with van der Waals surface area (Å²) >= 11 is 0. The zero-order chi connectivity index (χ0) is 9.40. The molecule has 0 unspecified atom stereocenters. The van der Waals surface area contributed by atoms with Crippen LogP contribution in [0.2, 0.25) is 0 Å². The van der Waals surface area contributed by atoms with E-state index in [0.29, 0.717) is 0 Å². The molecule has 1 N–H and O–H groups in total. The van der Waals surface area contributed by atoms with E-state index < -0.39 is 18.6 Å². The van der Waals surface area contributed by atoms with Gasteiger partial charge in [0, 0.05) is 6.20 Å². The molecule has 3 nitrogen and oxygen atoms in total. The largest absolute Gasteiger partial charge is 1.00 e. The van der Waals surface area contributed by atoms with Crippen molar-refractivity contribution in [2.75, 3.05) is 6.67 Å². The number of hydrogen-bond donors (Lipinski definition) is 1. The van der Waals surface area contributed by atoms with Crippen LogP contribution >= 0.6 is 0 Å². The molecular formula is C7H8F2NNaO2. The molecule has 1 rings (SSSR count). The average molecular weight is 199 g/mol. The van der Waals surface area contributed by atoms with Gasteiger partial charge in [-0.25, -0.2) is 14.2 Å². The van der Waals surface area contributed by atoms with Crippen molar-refractivity contribution in [3.05, 3.63) is 30.3 Å². The maximum Gasteiger partial charge on any atom is 1.00 e. The van der Waals surface area contributed by atoms with Crippen LogP contribution in [0.15, 0.2) is 24.4 Å². The zero-order valence-corrected chi connectivity index (χ0v) is 9.08. The number of carbonyl (C=O) groups is 1. The summed E-state index contributed by atoms with van der Waals surface area (Å²) in [5.74, 6) is -1.84. The first-order valence-corrected chi connectivity index (χ1v) is 3.01. The summed E-state index contributed by atoms with van der Waals surface area (Å²) in [6, 6.07) is 4.57. The molecule has 13 heavy (non-hydrogen) atoms. The van der Waals surface area contributed by atoms with Crippen LogP contribution in [0.5, 0.6) is 0 Å². The summed E-state index contributed by atoms with van der Waals surface area (Å²) in [6.07, 6.45) is 1.41. The number of carboxylic acids is 1. The number of carboxylic acid groups (broad SMARTS) is 1. The number of rotatable bonds is 1. The van der Waals surface area contributed by atoms with Crippen LogP contribution in [0, 0.1) is 5.95 Å². The molecule has 0 amide bonds. The van der Waals surface area contributed by atoms with Gasteiger partial charge in [-0.05, 0) is 12.1 Å². The van der Waals surface area contributed by atoms with Crippen molar-refractivity contribution in [3.63, 3.8) is 0 Å². The molecule has 68 valence electrons. The number of nitrogens with zero attached hydrogens (tertiary/aromatic N) is 1. The third-order valence-electron chi connectivity index (χ3n) is 0.743. The molecule has 0 aliphatic carbocycles. The molecule has 1 heterocycles. The van der Waals surface area contributed by atoms with Crippen molar-refractivity contribution in [3.8, 4) is 0 Å². The molecule has 0 spiro atoms. The Labute approximate surface area is 97.6 Å². The van der Waals surface area contributed by atoms with Crippen LogP contribution < -0.4 is 29.6 Å². The topological polar surface area (TPSA) is 50.2 Å². The minimum absolute atomic E-state index is 0. The summed E-state index contributed by atoms with van der Waals surface area (Å²) in [5.41, 5.74) is 0. The molecule has 0 aliphatic rings. The van der Waals surface area contributed by atoms with Crippen molar-refractivity contribution in [1.29, 1.82) is 0 Å². The molecule has 0 aliphatic heterocycles. The first kappa shape index (κ1) is 15.0. The quantitative estimate of drug-likeness (QED) is 0.436. The van der Waals surface area contributed by atoms with E-state index in [0.717, 1.165) is 0 Å². The predicted octanol–water partition coefficient (Wildman–Crippen LogP) is -1.62. The summed E-state index contributed by atoms with van der Waals surface area (Å²) in [4.78, 5) is 12.3. The van der Waals surface area contributed by atoms with Crippen LogP contribution in [0.3, 0.4) is 0 Å². The van der Waals surface area contributed by atoms with Gasteiger partial charge in [0.1, 0.15) is 0 Å². The van der Waals surface area contributed by atoms with E-state index in [-0.39, 0.29) is 31.0 Å². The van der Waals surface area contributed by atoms with Crippen LogP contribution in [-0.2, 0) is 4.79 Å². The molecule has 0 saturated heterocycles. The molecule has 1 aromatic heterocycles. The third kappa shape index (κ3) is 11.5. The first-order chi connectivity index (χ1) is 5.66. The van der Waals surface area contributed by atoms with Crippen molar-refractivity contribution in [1.82, 2.24) is 4.98 Å². The fourth-order valence-corrected chi connectivity index (χ4v) is 0.342. The van der Waals surface area contributed by atoms with Gasteiger partial charge in [0.05, 0.1) is 0 Å². The monoisotopic (exact) mass is 199 g/mol. The SMILES string of the molecule is Fc1ccccn1.O=C(O)CF.[H-].[Na+]. The summed E-state index contributed by atoms with van der Waals surface area (Å²) in [6.45, 7) is -1.28. The Morgan fingerprint density at radius 3 is 2.31 bits per heavy atom.